The molecule has 0 radical (unpaired) electrons. The third-order valence-electron chi connectivity index (χ3n) is 2.41. The molecule has 6 heteroatoms. The molecule has 4 nitrogen and oxygen atoms in total. The van der Waals surface area contributed by atoms with Crippen LogP contribution in [0.5, 0.6) is 0 Å². The quantitative estimate of drug-likeness (QED) is 0.823. The molecule has 0 saturated carbocycles. The Morgan fingerprint density at radius 3 is 2.26 bits per heavy atom. The summed E-state index contributed by atoms with van der Waals surface area (Å²) in [5, 5.41) is 4.29. The van der Waals surface area contributed by atoms with E-state index in [0.29, 0.717) is 18.9 Å². The SMILES string of the molecule is CC(C)CCNC(=O)C(=O)Nc1c(F)cccc1F. The Labute approximate surface area is 110 Å². The summed E-state index contributed by atoms with van der Waals surface area (Å²) in [6.45, 7) is 4.28. The average Bonchev–Trinajstić information content (AvgIpc) is 2.33. The summed E-state index contributed by atoms with van der Waals surface area (Å²) in [4.78, 5) is 22.8. The Morgan fingerprint density at radius 1 is 1.16 bits per heavy atom. The van der Waals surface area contributed by atoms with Crippen molar-refractivity contribution in [3.63, 3.8) is 0 Å². The summed E-state index contributed by atoms with van der Waals surface area (Å²) in [7, 11) is 0. The number of carbonyl (C=O) groups is 2. The lowest BCUT2D eigenvalue weighted by atomic mass is 10.1. The predicted molar refractivity (Wildman–Crippen MR) is 67.5 cm³/mol. The van der Waals surface area contributed by atoms with Crippen molar-refractivity contribution in [2.24, 2.45) is 5.92 Å². The van der Waals surface area contributed by atoms with Crippen LogP contribution in [0.25, 0.3) is 0 Å². The van der Waals surface area contributed by atoms with Crippen molar-refractivity contribution in [1.82, 2.24) is 5.32 Å². The summed E-state index contributed by atoms with van der Waals surface area (Å²) < 4.78 is 26.5. The fourth-order valence-electron chi connectivity index (χ4n) is 1.34. The monoisotopic (exact) mass is 270 g/mol. The van der Waals surface area contributed by atoms with Gasteiger partial charge in [0.2, 0.25) is 0 Å². The maximum atomic E-state index is 13.2. The molecule has 0 atom stereocenters. The van der Waals surface area contributed by atoms with Crippen LogP contribution in [0.2, 0.25) is 0 Å². The Kier molecular flexibility index (Phi) is 5.41. The molecule has 0 bridgehead atoms. The number of carbonyl (C=O) groups excluding carboxylic acids is 2. The van der Waals surface area contributed by atoms with Gasteiger partial charge in [-0.3, -0.25) is 9.59 Å². The Morgan fingerprint density at radius 2 is 1.74 bits per heavy atom. The molecule has 1 rings (SSSR count). The molecular weight excluding hydrogens is 254 g/mol. The number of para-hydroxylation sites is 1. The van der Waals surface area contributed by atoms with Crippen LogP contribution in [0, 0.1) is 17.6 Å². The Hall–Kier alpha value is -1.98. The maximum absolute atomic E-state index is 13.2. The summed E-state index contributed by atoms with van der Waals surface area (Å²) in [6.07, 6.45) is 0.715. The van der Waals surface area contributed by atoms with E-state index in [9.17, 15) is 18.4 Å². The van der Waals surface area contributed by atoms with Crippen LogP contribution in [-0.4, -0.2) is 18.4 Å². The lowest BCUT2D eigenvalue weighted by Crippen LogP contribution is -2.36. The average molecular weight is 270 g/mol. The van der Waals surface area contributed by atoms with Crippen LogP contribution >= 0.6 is 0 Å². The second kappa shape index (κ2) is 6.82. The number of hydrogen-bond donors (Lipinski definition) is 2. The molecule has 0 aliphatic carbocycles. The van der Waals surface area contributed by atoms with E-state index in [2.05, 4.69) is 5.32 Å². The number of anilines is 1. The van der Waals surface area contributed by atoms with Gasteiger partial charge in [0, 0.05) is 6.54 Å². The molecule has 0 aliphatic rings. The number of halogens is 2. The van der Waals surface area contributed by atoms with E-state index in [4.69, 9.17) is 0 Å². The zero-order valence-corrected chi connectivity index (χ0v) is 10.8. The number of nitrogens with one attached hydrogen (secondary N) is 2. The lowest BCUT2D eigenvalue weighted by molar-refractivity contribution is -0.136. The number of amides is 2. The van der Waals surface area contributed by atoms with E-state index in [1.807, 2.05) is 19.2 Å². The molecule has 19 heavy (non-hydrogen) atoms. The first-order chi connectivity index (χ1) is 8.91. The van der Waals surface area contributed by atoms with Crippen molar-refractivity contribution in [3.05, 3.63) is 29.8 Å². The van der Waals surface area contributed by atoms with Crippen LogP contribution in [0.15, 0.2) is 18.2 Å². The Bertz CT molecular complexity index is 455. The first kappa shape index (κ1) is 15.1. The summed E-state index contributed by atoms with van der Waals surface area (Å²) in [6, 6.07) is 3.16. The number of benzene rings is 1. The van der Waals surface area contributed by atoms with Gasteiger partial charge in [0.05, 0.1) is 0 Å². The van der Waals surface area contributed by atoms with Gasteiger partial charge in [-0.15, -0.1) is 0 Å². The molecule has 0 saturated heterocycles. The summed E-state index contributed by atoms with van der Waals surface area (Å²) in [5.41, 5.74) is -0.619. The van der Waals surface area contributed by atoms with Crippen molar-refractivity contribution in [1.29, 1.82) is 0 Å². The van der Waals surface area contributed by atoms with E-state index in [-0.39, 0.29) is 0 Å². The maximum Gasteiger partial charge on any atom is 0.313 e. The first-order valence-corrected chi connectivity index (χ1v) is 5.95. The highest BCUT2D eigenvalue weighted by molar-refractivity contribution is 6.39. The fourth-order valence-corrected chi connectivity index (χ4v) is 1.34. The van der Waals surface area contributed by atoms with Crippen LogP contribution in [-0.2, 0) is 9.59 Å². The summed E-state index contributed by atoms with van der Waals surface area (Å²) in [5.74, 6) is -3.48. The van der Waals surface area contributed by atoms with Crippen molar-refractivity contribution < 1.29 is 18.4 Å². The first-order valence-electron chi connectivity index (χ1n) is 5.95. The highest BCUT2D eigenvalue weighted by Crippen LogP contribution is 2.17. The smallest absolute Gasteiger partial charge is 0.313 e. The predicted octanol–water partition coefficient (Wildman–Crippen LogP) is 2.07. The van der Waals surface area contributed by atoms with Gasteiger partial charge in [0.25, 0.3) is 0 Å². The number of hydrogen-bond acceptors (Lipinski definition) is 2. The molecule has 0 heterocycles. The van der Waals surface area contributed by atoms with Gasteiger partial charge in [-0.05, 0) is 24.5 Å². The van der Waals surface area contributed by atoms with E-state index in [1.54, 1.807) is 0 Å². The minimum atomic E-state index is -1.09. The molecule has 2 amide bonds. The molecule has 2 N–H and O–H groups in total. The van der Waals surface area contributed by atoms with Gasteiger partial charge in [-0.2, -0.15) is 0 Å². The Balaban J connectivity index is 2.57. The molecule has 0 unspecified atom stereocenters. The molecule has 104 valence electrons. The molecule has 1 aromatic carbocycles. The van der Waals surface area contributed by atoms with Crippen LogP contribution < -0.4 is 10.6 Å². The van der Waals surface area contributed by atoms with Crippen LogP contribution in [0.3, 0.4) is 0 Å². The van der Waals surface area contributed by atoms with Crippen molar-refractivity contribution in [2.45, 2.75) is 20.3 Å². The highest BCUT2D eigenvalue weighted by atomic mass is 19.1. The molecule has 1 aromatic rings. The second-order valence-corrected chi connectivity index (χ2v) is 4.49. The third-order valence-corrected chi connectivity index (χ3v) is 2.41. The molecule has 0 spiro atoms. The van der Waals surface area contributed by atoms with E-state index < -0.39 is 29.1 Å². The van der Waals surface area contributed by atoms with E-state index in [0.717, 1.165) is 12.1 Å². The minimum absolute atomic E-state index is 0.337. The third kappa shape index (κ3) is 4.65. The highest BCUT2D eigenvalue weighted by Gasteiger charge is 2.17. The zero-order valence-electron chi connectivity index (χ0n) is 10.8. The normalized spacial score (nSPS) is 10.4. The van der Waals surface area contributed by atoms with Gasteiger partial charge in [0.15, 0.2) is 0 Å². The van der Waals surface area contributed by atoms with Gasteiger partial charge in [-0.25, -0.2) is 8.78 Å². The lowest BCUT2D eigenvalue weighted by Gasteiger charge is -2.09. The van der Waals surface area contributed by atoms with Gasteiger partial charge in [-0.1, -0.05) is 19.9 Å². The van der Waals surface area contributed by atoms with Crippen molar-refractivity contribution >= 4 is 17.5 Å². The molecule has 0 aromatic heterocycles. The molecule has 0 fully saturated rings. The van der Waals surface area contributed by atoms with E-state index >= 15 is 0 Å². The largest absolute Gasteiger partial charge is 0.348 e. The van der Waals surface area contributed by atoms with Crippen molar-refractivity contribution in [2.75, 3.05) is 11.9 Å². The van der Waals surface area contributed by atoms with Gasteiger partial charge in [0.1, 0.15) is 17.3 Å². The van der Waals surface area contributed by atoms with E-state index in [1.165, 1.54) is 6.07 Å². The summed E-state index contributed by atoms with van der Waals surface area (Å²) >= 11 is 0. The van der Waals surface area contributed by atoms with Crippen LogP contribution in [0.4, 0.5) is 14.5 Å². The van der Waals surface area contributed by atoms with Gasteiger partial charge < -0.3 is 10.6 Å². The molecule has 0 aliphatic heterocycles. The van der Waals surface area contributed by atoms with Crippen molar-refractivity contribution in [3.8, 4) is 0 Å². The van der Waals surface area contributed by atoms with Crippen LogP contribution in [0.1, 0.15) is 20.3 Å². The topological polar surface area (TPSA) is 58.2 Å². The van der Waals surface area contributed by atoms with Gasteiger partial charge >= 0.3 is 11.8 Å². The molecular formula is C13H16F2N2O2. The fraction of sp³-hybridized carbons (Fsp3) is 0.385. The number of rotatable bonds is 4. The zero-order chi connectivity index (χ0) is 14.4. The second-order valence-electron chi connectivity index (χ2n) is 4.49. The standard InChI is InChI=1S/C13H16F2N2O2/c1-8(2)6-7-16-12(18)13(19)17-11-9(14)4-3-5-10(11)15/h3-5,8H,6-7H2,1-2H3,(H,16,18)(H,17,19). The minimum Gasteiger partial charge on any atom is -0.348 e.